The number of benzene rings is 2. The minimum Gasteiger partial charge on any atom is -0.457 e. The van der Waals surface area contributed by atoms with E-state index in [4.69, 9.17) is 15.3 Å². The maximum Gasteiger partial charge on any atom is 0.142 e. The molecule has 0 spiro atoms. The van der Waals surface area contributed by atoms with Gasteiger partial charge in [0.05, 0.1) is 6.04 Å². The van der Waals surface area contributed by atoms with Crippen molar-refractivity contribution in [2.45, 2.75) is 24.9 Å². The fourth-order valence-corrected chi connectivity index (χ4v) is 3.91. The van der Waals surface area contributed by atoms with Gasteiger partial charge >= 0.3 is 0 Å². The number of allylic oxidation sites excluding steroid dienone is 1. The Morgan fingerprint density at radius 1 is 1.21 bits per heavy atom. The highest BCUT2D eigenvalue weighted by atomic mass is 19.1. The third-order valence-electron chi connectivity index (χ3n) is 5.55. The van der Waals surface area contributed by atoms with Gasteiger partial charge in [-0.2, -0.15) is 0 Å². The third kappa shape index (κ3) is 6.97. The summed E-state index contributed by atoms with van der Waals surface area (Å²) in [4.78, 5) is 15.6. The number of pyridine rings is 1. The molecule has 0 aliphatic carbocycles. The summed E-state index contributed by atoms with van der Waals surface area (Å²) in [5.74, 6) is 0.692. The quantitative estimate of drug-likeness (QED) is 0.382. The lowest BCUT2D eigenvalue weighted by atomic mass is 9.98. The number of ether oxygens (including phenoxy) is 1. The van der Waals surface area contributed by atoms with Crippen molar-refractivity contribution in [3.8, 4) is 11.5 Å². The molecule has 2 heterocycles. The zero-order valence-corrected chi connectivity index (χ0v) is 19.4. The maximum absolute atomic E-state index is 14.9. The van der Waals surface area contributed by atoms with Crippen LogP contribution in [0.2, 0.25) is 0 Å². The van der Waals surface area contributed by atoms with Gasteiger partial charge in [-0.25, -0.2) is 4.39 Å². The predicted octanol–water partition coefficient (Wildman–Crippen LogP) is 4.94. The van der Waals surface area contributed by atoms with Crippen molar-refractivity contribution >= 4 is 12.0 Å². The van der Waals surface area contributed by atoms with E-state index < -0.39 is 11.9 Å². The van der Waals surface area contributed by atoms with Gasteiger partial charge < -0.3 is 20.7 Å². The zero-order valence-electron chi connectivity index (χ0n) is 19.4. The minimum atomic E-state index is -0.631. The number of likely N-dealkylation sites (tertiary alicyclic amines) is 1. The normalized spacial score (nSPS) is 16.5. The molecular weight excluding hydrogens is 431 g/mol. The summed E-state index contributed by atoms with van der Waals surface area (Å²) < 4.78 is 20.6. The highest BCUT2D eigenvalue weighted by Crippen LogP contribution is 2.31. The molecule has 1 aliphatic heterocycles. The average molecular weight is 463 g/mol. The fraction of sp³-hybridized carbons (Fsp3) is 0.259. The van der Waals surface area contributed by atoms with Crippen LogP contribution in [0.3, 0.4) is 0 Å². The summed E-state index contributed by atoms with van der Waals surface area (Å²) in [5.41, 5.74) is 8.57. The Kier molecular flexibility index (Phi) is 9.31. The van der Waals surface area contributed by atoms with Crippen molar-refractivity contribution in [1.29, 1.82) is 0 Å². The Hall–Kier alpha value is -3.55. The molecule has 2 aromatic carbocycles. The third-order valence-corrected chi connectivity index (χ3v) is 5.55. The first-order chi connectivity index (χ1) is 16.5. The Morgan fingerprint density at radius 2 is 1.97 bits per heavy atom. The molecule has 0 saturated carbocycles. The van der Waals surface area contributed by atoms with Crippen LogP contribution >= 0.6 is 0 Å². The lowest BCUT2D eigenvalue weighted by molar-refractivity contribution is -0.104. The van der Waals surface area contributed by atoms with E-state index in [0.29, 0.717) is 29.4 Å². The predicted molar refractivity (Wildman–Crippen MR) is 134 cm³/mol. The number of hydrogen-bond acceptors (Lipinski definition) is 6. The van der Waals surface area contributed by atoms with E-state index in [2.05, 4.69) is 28.8 Å². The molecule has 2 atom stereocenters. The van der Waals surface area contributed by atoms with Crippen molar-refractivity contribution in [3.05, 3.63) is 96.6 Å². The van der Waals surface area contributed by atoms with Crippen molar-refractivity contribution in [1.82, 2.24) is 9.88 Å². The molecule has 3 N–H and O–H groups in total. The highest BCUT2D eigenvalue weighted by molar-refractivity contribution is 5.63. The van der Waals surface area contributed by atoms with Crippen molar-refractivity contribution < 1.29 is 13.9 Å². The molecule has 0 radical (unpaired) electrons. The summed E-state index contributed by atoms with van der Waals surface area (Å²) in [6.07, 6.45) is 7.53. The number of carbonyl (C=O) groups excluding carboxylic acids is 1. The van der Waals surface area contributed by atoms with Crippen molar-refractivity contribution in [3.63, 3.8) is 0 Å². The molecule has 2 unspecified atom stereocenters. The summed E-state index contributed by atoms with van der Waals surface area (Å²) in [7, 11) is 2.13. The second-order valence-corrected chi connectivity index (χ2v) is 8.16. The van der Waals surface area contributed by atoms with Crippen LogP contribution in [-0.4, -0.2) is 42.3 Å². The number of aldehydes is 1. The smallest absolute Gasteiger partial charge is 0.142 e. The standard InChI is InChI=1S/C24H27FN4O.C3H4O/c1-29-13-5-6-17(16-29)28-23-11-12-27-15-21(23)24(26)20-10-9-19(14-22(20)25)30-18-7-3-2-4-8-18;1-2-3-4/h2-4,7-12,14-15,17,24H,5-6,13,16,26H2,1H3,(H,27,28);2-3H,1H2. The Morgan fingerprint density at radius 3 is 2.65 bits per heavy atom. The molecule has 34 heavy (non-hydrogen) atoms. The second-order valence-electron chi connectivity index (χ2n) is 8.16. The molecule has 1 aliphatic rings. The molecule has 6 nitrogen and oxygen atoms in total. The largest absolute Gasteiger partial charge is 0.457 e. The number of nitrogens with zero attached hydrogens (tertiary/aromatic N) is 2. The van der Waals surface area contributed by atoms with Gasteiger partial charge in [-0.15, -0.1) is 0 Å². The summed E-state index contributed by atoms with van der Waals surface area (Å²) in [5, 5.41) is 3.59. The zero-order chi connectivity index (χ0) is 24.3. The van der Waals surface area contributed by atoms with E-state index in [0.717, 1.165) is 37.2 Å². The van der Waals surface area contributed by atoms with E-state index >= 15 is 0 Å². The van der Waals surface area contributed by atoms with Gasteiger partial charge in [0.15, 0.2) is 0 Å². The number of anilines is 1. The van der Waals surface area contributed by atoms with Crippen LogP contribution in [0.4, 0.5) is 10.1 Å². The Bertz CT molecular complexity index is 1070. The van der Waals surface area contributed by atoms with Crippen LogP contribution in [0.1, 0.15) is 30.0 Å². The molecular formula is C27H31FN4O2. The van der Waals surface area contributed by atoms with Crippen LogP contribution < -0.4 is 15.8 Å². The number of likely N-dealkylation sites (N-methyl/N-ethyl adjacent to an activating group) is 1. The SMILES string of the molecule is C=CC=O.CN1CCCC(Nc2ccncc2C(N)c2ccc(Oc3ccccc3)cc2F)C1. The van der Waals surface area contributed by atoms with Gasteiger partial charge in [0, 0.05) is 47.9 Å². The molecule has 1 aromatic heterocycles. The monoisotopic (exact) mass is 462 g/mol. The van der Waals surface area contributed by atoms with E-state index in [9.17, 15) is 4.39 Å². The topological polar surface area (TPSA) is 80.5 Å². The average Bonchev–Trinajstić information content (AvgIpc) is 2.85. The first-order valence-corrected chi connectivity index (χ1v) is 11.2. The summed E-state index contributed by atoms with van der Waals surface area (Å²) in [6.45, 7) is 5.19. The molecule has 178 valence electrons. The summed E-state index contributed by atoms with van der Waals surface area (Å²) in [6, 6.07) is 15.7. The minimum absolute atomic E-state index is 0.337. The molecule has 4 rings (SSSR count). The van der Waals surface area contributed by atoms with Crippen molar-refractivity contribution in [2.24, 2.45) is 5.73 Å². The maximum atomic E-state index is 14.9. The van der Waals surface area contributed by atoms with Gasteiger partial charge in [-0.05, 0) is 56.8 Å². The molecule has 7 heteroatoms. The van der Waals surface area contributed by atoms with Crippen LogP contribution in [0.5, 0.6) is 11.5 Å². The number of nitrogens with two attached hydrogens (primary N) is 1. The molecule has 0 amide bonds. The number of carbonyl (C=O) groups is 1. The molecule has 1 fully saturated rings. The van der Waals surface area contributed by atoms with Crippen LogP contribution in [0.15, 0.2) is 79.6 Å². The first-order valence-electron chi connectivity index (χ1n) is 11.2. The first kappa shape index (κ1) is 25.1. The van der Waals surface area contributed by atoms with Crippen LogP contribution in [0.25, 0.3) is 0 Å². The van der Waals surface area contributed by atoms with Gasteiger partial charge in [0.2, 0.25) is 0 Å². The van der Waals surface area contributed by atoms with Gasteiger partial charge in [0.25, 0.3) is 0 Å². The van der Waals surface area contributed by atoms with Crippen LogP contribution in [-0.2, 0) is 4.79 Å². The lowest BCUT2D eigenvalue weighted by Gasteiger charge is -2.32. The molecule has 0 bridgehead atoms. The van der Waals surface area contributed by atoms with E-state index in [1.807, 2.05) is 36.4 Å². The van der Waals surface area contributed by atoms with E-state index in [1.165, 1.54) is 12.1 Å². The van der Waals surface area contributed by atoms with Gasteiger partial charge in [-0.1, -0.05) is 30.8 Å². The van der Waals surface area contributed by atoms with Gasteiger partial charge in [-0.3, -0.25) is 9.78 Å². The van der Waals surface area contributed by atoms with Gasteiger partial charge in [0.1, 0.15) is 23.6 Å². The number of para-hydroxylation sites is 1. The van der Waals surface area contributed by atoms with E-state index in [-0.39, 0.29) is 0 Å². The Balaban J connectivity index is 0.000000751. The number of piperidine rings is 1. The highest BCUT2D eigenvalue weighted by Gasteiger charge is 2.21. The number of halogens is 1. The number of hydrogen-bond donors (Lipinski definition) is 2. The molecule has 1 saturated heterocycles. The second kappa shape index (κ2) is 12.6. The van der Waals surface area contributed by atoms with Crippen LogP contribution in [0, 0.1) is 5.82 Å². The molecule has 3 aromatic rings. The fourth-order valence-electron chi connectivity index (χ4n) is 3.91. The Labute approximate surface area is 200 Å². The van der Waals surface area contributed by atoms with E-state index in [1.54, 1.807) is 24.5 Å². The van der Waals surface area contributed by atoms with Crippen molar-refractivity contribution in [2.75, 3.05) is 25.5 Å². The number of aromatic nitrogens is 1. The number of rotatable bonds is 7. The lowest BCUT2D eigenvalue weighted by Crippen LogP contribution is -2.40. The number of nitrogens with one attached hydrogen (secondary N) is 1. The summed E-state index contributed by atoms with van der Waals surface area (Å²) >= 11 is 0.